The van der Waals surface area contributed by atoms with Gasteiger partial charge in [0.05, 0.1) is 0 Å². The number of aromatic nitrogens is 1. The second-order valence-electron chi connectivity index (χ2n) is 8.51. The molecule has 1 N–H and O–H groups in total. The number of rotatable bonds is 6. The maximum atomic E-state index is 12.8. The third kappa shape index (κ3) is 4.59. The Morgan fingerprint density at radius 2 is 1.62 bits per heavy atom. The maximum absolute atomic E-state index is 12.8. The van der Waals surface area contributed by atoms with Gasteiger partial charge in [-0.25, -0.2) is 4.98 Å². The van der Waals surface area contributed by atoms with Gasteiger partial charge in [-0.15, -0.1) is 11.3 Å². The van der Waals surface area contributed by atoms with Crippen LogP contribution in [0.3, 0.4) is 0 Å². The minimum absolute atomic E-state index is 0.0189. The molecule has 0 saturated carbocycles. The van der Waals surface area contributed by atoms with Crippen LogP contribution in [-0.4, -0.2) is 64.9 Å². The van der Waals surface area contributed by atoms with Crippen LogP contribution < -0.4 is 5.32 Å². The first-order chi connectivity index (χ1) is 15.7. The number of carbonyl (C=O) groups excluding carboxylic acids is 2. The zero-order valence-electron chi connectivity index (χ0n) is 17.8. The molecule has 2 aromatic carbocycles. The normalized spacial score (nSPS) is 18.6. The van der Waals surface area contributed by atoms with Gasteiger partial charge < -0.3 is 15.1 Å². The molecule has 0 spiro atoms. The SMILES string of the molecule is O=C(c1ccc(Cc2ccccc2)cc1)N1CC(NC2CCN(C(=O)c3nccs3)C2)C1. The van der Waals surface area contributed by atoms with Gasteiger partial charge in [0.2, 0.25) is 0 Å². The first kappa shape index (κ1) is 20.8. The van der Waals surface area contributed by atoms with E-state index in [-0.39, 0.29) is 23.9 Å². The summed E-state index contributed by atoms with van der Waals surface area (Å²) in [5.41, 5.74) is 3.21. The van der Waals surface area contributed by atoms with Crippen LogP contribution >= 0.6 is 11.3 Å². The summed E-state index contributed by atoms with van der Waals surface area (Å²) in [6.07, 6.45) is 3.47. The Morgan fingerprint density at radius 3 is 2.34 bits per heavy atom. The van der Waals surface area contributed by atoms with Crippen molar-refractivity contribution in [3.05, 3.63) is 87.9 Å². The van der Waals surface area contributed by atoms with Crippen LogP contribution in [0.4, 0.5) is 0 Å². The highest BCUT2D eigenvalue weighted by atomic mass is 32.1. The Labute approximate surface area is 191 Å². The van der Waals surface area contributed by atoms with E-state index >= 15 is 0 Å². The highest BCUT2D eigenvalue weighted by Gasteiger charge is 2.35. The van der Waals surface area contributed by atoms with E-state index in [1.807, 2.05) is 57.6 Å². The molecule has 1 atom stereocenters. The lowest BCUT2D eigenvalue weighted by molar-refractivity contribution is 0.0552. The molecular weight excluding hydrogens is 420 g/mol. The number of likely N-dealkylation sites (tertiary alicyclic amines) is 2. The Kier molecular flexibility index (Phi) is 6.01. The van der Waals surface area contributed by atoms with E-state index in [0.29, 0.717) is 24.6 Å². The molecule has 164 valence electrons. The van der Waals surface area contributed by atoms with Gasteiger partial charge in [0.1, 0.15) is 0 Å². The van der Waals surface area contributed by atoms with Crippen molar-refractivity contribution in [3.63, 3.8) is 0 Å². The minimum atomic E-state index is 0.0189. The molecule has 32 heavy (non-hydrogen) atoms. The number of nitrogens with one attached hydrogen (secondary N) is 1. The number of benzene rings is 2. The highest BCUT2D eigenvalue weighted by molar-refractivity contribution is 7.11. The van der Waals surface area contributed by atoms with Gasteiger partial charge in [-0.1, -0.05) is 42.5 Å². The van der Waals surface area contributed by atoms with E-state index in [2.05, 4.69) is 22.4 Å². The first-order valence-electron chi connectivity index (χ1n) is 11.0. The number of thiazole rings is 1. The summed E-state index contributed by atoms with van der Waals surface area (Å²) in [6.45, 7) is 2.87. The number of hydrogen-bond acceptors (Lipinski definition) is 5. The molecule has 2 amide bonds. The largest absolute Gasteiger partial charge is 0.335 e. The van der Waals surface area contributed by atoms with Gasteiger partial charge in [-0.3, -0.25) is 9.59 Å². The molecule has 5 rings (SSSR count). The number of carbonyl (C=O) groups is 2. The van der Waals surface area contributed by atoms with Crippen LogP contribution in [0.15, 0.2) is 66.2 Å². The van der Waals surface area contributed by atoms with Gasteiger partial charge in [-0.2, -0.15) is 0 Å². The second kappa shape index (κ2) is 9.22. The van der Waals surface area contributed by atoms with Crippen molar-refractivity contribution in [2.24, 2.45) is 0 Å². The molecular formula is C25H26N4O2S. The standard InChI is InChI=1S/C25H26N4O2S/c30-24(20-8-6-19(7-9-20)14-18-4-2-1-3-5-18)29-16-22(17-29)27-21-10-12-28(15-21)25(31)23-26-11-13-32-23/h1-9,11,13,21-22,27H,10,12,14-17H2. The van der Waals surface area contributed by atoms with Crippen molar-refractivity contribution in [2.45, 2.75) is 24.9 Å². The number of nitrogens with zero attached hydrogens (tertiary/aromatic N) is 3. The molecule has 0 bridgehead atoms. The summed E-state index contributed by atoms with van der Waals surface area (Å²) in [7, 11) is 0. The fourth-order valence-electron chi connectivity index (χ4n) is 4.41. The summed E-state index contributed by atoms with van der Waals surface area (Å²) in [5, 5.41) is 6.00. The molecule has 0 radical (unpaired) electrons. The summed E-state index contributed by atoms with van der Waals surface area (Å²) in [6, 6.07) is 18.9. The second-order valence-corrected chi connectivity index (χ2v) is 9.40. The van der Waals surface area contributed by atoms with Crippen LogP contribution in [-0.2, 0) is 6.42 Å². The fraction of sp³-hybridized carbons (Fsp3) is 0.320. The highest BCUT2D eigenvalue weighted by Crippen LogP contribution is 2.19. The predicted molar refractivity (Wildman–Crippen MR) is 125 cm³/mol. The zero-order valence-corrected chi connectivity index (χ0v) is 18.6. The van der Waals surface area contributed by atoms with Crippen LogP contribution in [0.2, 0.25) is 0 Å². The van der Waals surface area contributed by atoms with Gasteiger partial charge in [0.25, 0.3) is 11.8 Å². The number of hydrogen-bond donors (Lipinski definition) is 1. The van der Waals surface area contributed by atoms with E-state index < -0.39 is 0 Å². The maximum Gasteiger partial charge on any atom is 0.282 e. The summed E-state index contributed by atoms with van der Waals surface area (Å²) >= 11 is 1.38. The Morgan fingerprint density at radius 1 is 0.906 bits per heavy atom. The molecule has 1 unspecified atom stereocenters. The lowest BCUT2D eigenvalue weighted by Gasteiger charge is -2.41. The molecule has 2 aliphatic rings. The van der Waals surface area contributed by atoms with Crippen molar-refractivity contribution in [1.82, 2.24) is 20.1 Å². The van der Waals surface area contributed by atoms with Crippen molar-refractivity contribution < 1.29 is 9.59 Å². The van der Waals surface area contributed by atoms with E-state index in [0.717, 1.165) is 24.9 Å². The lowest BCUT2D eigenvalue weighted by Crippen LogP contribution is -2.62. The van der Waals surface area contributed by atoms with E-state index in [1.165, 1.54) is 22.5 Å². The summed E-state index contributed by atoms with van der Waals surface area (Å²) in [4.78, 5) is 33.1. The fourth-order valence-corrected chi connectivity index (χ4v) is 5.01. The van der Waals surface area contributed by atoms with Gasteiger partial charge in [0, 0.05) is 55.4 Å². The quantitative estimate of drug-likeness (QED) is 0.632. The molecule has 2 saturated heterocycles. The Hall–Kier alpha value is -3.03. The van der Waals surface area contributed by atoms with Crippen molar-refractivity contribution in [1.29, 1.82) is 0 Å². The van der Waals surface area contributed by atoms with Crippen molar-refractivity contribution in [3.8, 4) is 0 Å². The van der Waals surface area contributed by atoms with Crippen molar-refractivity contribution in [2.75, 3.05) is 26.2 Å². The summed E-state index contributed by atoms with van der Waals surface area (Å²) < 4.78 is 0. The molecule has 0 aliphatic carbocycles. The topological polar surface area (TPSA) is 65.5 Å². The molecule has 6 nitrogen and oxygen atoms in total. The van der Waals surface area contributed by atoms with E-state index in [4.69, 9.17) is 0 Å². The van der Waals surface area contributed by atoms with Crippen molar-refractivity contribution >= 4 is 23.2 Å². The van der Waals surface area contributed by atoms with Gasteiger partial charge >= 0.3 is 0 Å². The van der Waals surface area contributed by atoms with E-state index in [9.17, 15) is 9.59 Å². The lowest BCUT2D eigenvalue weighted by atomic mass is 10.0. The van der Waals surface area contributed by atoms with Crippen LogP contribution in [0.1, 0.15) is 37.7 Å². The van der Waals surface area contributed by atoms with Crippen LogP contribution in [0.5, 0.6) is 0 Å². The molecule has 2 aliphatic heterocycles. The average molecular weight is 447 g/mol. The smallest absolute Gasteiger partial charge is 0.282 e. The van der Waals surface area contributed by atoms with Gasteiger partial charge in [0.15, 0.2) is 5.01 Å². The average Bonchev–Trinajstić information content (AvgIpc) is 3.49. The molecule has 7 heteroatoms. The molecule has 3 heterocycles. The molecule has 2 fully saturated rings. The first-order valence-corrected chi connectivity index (χ1v) is 11.9. The molecule has 1 aromatic heterocycles. The zero-order chi connectivity index (χ0) is 21.9. The minimum Gasteiger partial charge on any atom is -0.335 e. The van der Waals surface area contributed by atoms with Crippen LogP contribution in [0, 0.1) is 0 Å². The molecule has 3 aromatic rings. The number of amides is 2. The van der Waals surface area contributed by atoms with Gasteiger partial charge in [-0.05, 0) is 36.1 Å². The third-order valence-electron chi connectivity index (χ3n) is 6.18. The monoisotopic (exact) mass is 446 g/mol. The third-order valence-corrected chi connectivity index (χ3v) is 6.94. The van der Waals surface area contributed by atoms with E-state index in [1.54, 1.807) is 6.20 Å². The Bertz CT molecular complexity index is 1060. The predicted octanol–water partition coefficient (Wildman–Crippen LogP) is 3.06. The summed E-state index contributed by atoms with van der Waals surface area (Å²) in [5.74, 6) is 0.103. The Balaban J connectivity index is 1.08. The van der Waals surface area contributed by atoms with Crippen LogP contribution in [0.25, 0.3) is 0 Å².